The largest absolute Gasteiger partial charge is 0.365 e. The minimum Gasteiger partial charge on any atom is -0.365 e. The highest BCUT2D eigenvalue weighted by molar-refractivity contribution is 6.32. The van der Waals surface area contributed by atoms with E-state index in [1.54, 1.807) is 12.1 Å². The Morgan fingerprint density at radius 1 is 1.37 bits per heavy atom. The van der Waals surface area contributed by atoms with Crippen LogP contribution in [0.4, 0.5) is 11.5 Å². The number of anilines is 1. The van der Waals surface area contributed by atoms with Crippen LogP contribution in [0.5, 0.6) is 0 Å². The van der Waals surface area contributed by atoms with E-state index in [9.17, 15) is 14.9 Å². The molecule has 0 unspecified atom stereocenters. The highest BCUT2D eigenvalue weighted by atomic mass is 35.5. The van der Waals surface area contributed by atoms with Crippen molar-refractivity contribution >= 4 is 23.1 Å². The molecule has 19 heavy (non-hydrogen) atoms. The Hall–Kier alpha value is -2.41. The van der Waals surface area contributed by atoms with Crippen molar-refractivity contribution in [2.75, 3.05) is 5.32 Å². The van der Waals surface area contributed by atoms with Gasteiger partial charge in [0.15, 0.2) is 5.82 Å². The number of hydrogen-bond acceptors (Lipinski definition) is 5. The van der Waals surface area contributed by atoms with E-state index >= 15 is 0 Å². The predicted octanol–water partition coefficient (Wildman–Crippen LogP) is 1.94. The third kappa shape index (κ3) is 3.08. The Morgan fingerprint density at radius 3 is 2.68 bits per heavy atom. The van der Waals surface area contributed by atoms with Gasteiger partial charge in [-0.3, -0.25) is 14.9 Å². The zero-order valence-corrected chi connectivity index (χ0v) is 10.3. The summed E-state index contributed by atoms with van der Waals surface area (Å²) in [5, 5.41) is 13.4. The number of benzene rings is 1. The van der Waals surface area contributed by atoms with Gasteiger partial charge in [-0.1, -0.05) is 23.7 Å². The molecule has 2 N–H and O–H groups in total. The Morgan fingerprint density at radius 2 is 2.05 bits per heavy atom. The van der Waals surface area contributed by atoms with Crippen molar-refractivity contribution in [3.8, 4) is 0 Å². The molecule has 98 valence electrons. The van der Waals surface area contributed by atoms with Crippen molar-refractivity contribution < 1.29 is 4.92 Å². The van der Waals surface area contributed by atoms with E-state index in [4.69, 9.17) is 11.6 Å². The molecule has 1 heterocycles. The second-order valence-corrected chi connectivity index (χ2v) is 4.05. The fraction of sp³-hybridized carbons (Fsp3) is 0.0909. The third-order valence-corrected chi connectivity index (χ3v) is 2.75. The lowest BCUT2D eigenvalue weighted by Crippen LogP contribution is -2.11. The lowest BCUT2D eigenvalue weighted by molar-refractivity contribution is -0.384. The normalized spacial score (nSPS) is 10.2. The number of hydrogen-bond donors (Lipinski definition) is 2. The molecule has 0 amide bonds. The highest BCUT2D eigenvalue weighted by Gasteiger charge is 2.06. The van der Waals surface area contributed by atoms with Gasteiger partial charge < -0.3 is 10.3 Å². The zero-order valence-electron chi connectivity index (χ0n) is 9.59. The molecule has 0 saturated heterocycles. The van der Waals surface area contributed by atoms with E-state index < -0.39 is 10.5 Å². The maximum atomic E-state index is 11.2. The van der Waals surface area contributed by atoms with Gasteiger partial charge in [-0.25, -0.2) is 4.98 Å². The summed E-state index contributed by atoms with van der Waals surface area (Å²) in [7, 11) is 0. The lowest BCUT2D eigenvalue weighted by Gasteiger charge is -2.06. The molecule has 0 fully saturated rings. The average Bonchev–Trinajstić information content (AvgIpc) is 2.41. The maximum Gasteiger partial charge on any atom is 0.271 e. The Kier molecular flexibility index (Phi) is 3.76. The summed E-state index contributed by atoms with van der Waals surface area (Å²) in [5.74, 6) is 0.267. The molecule has 0 bridgehead atoms. The zero-order chi connectivity index (χ0) is 13.8. The molecule has 1 aromatic heterocycles. The quantitative estimate of drug-likeness (QED) is 0.658. The number of aromatic amines is 1. The summed E-state index contributed by atoms with van der Waals surface area (Å²) in [6, 6.07) is 6.05. The number of halogens is 1. The minimum absolute atomic E-state index is 0.0237. The molecule has 0 saturated carbocycles. The Bertz CT molecular complexity index is 654. The number of aromatic nitrogens is 2. The van der Waals surface area contributed by atoms with Crippen LogP contribution in [0, 0.1) is 10.1 Å². The van der Waals surface area contributed by atoms with Crippen molar-refractivity contribution in [1.29, 1.82) is 0 Å². The standard InChI is InChI=1S/C11H9ClN4O3/c12-9-10(14-6-15-11(9)17)13-5-7-1-3-8(4-2-7)16(18)19/h1-4,6H,5H2,(H2,13,14,15,17). The summed E-state index contributed by atoms with van der Waals surface area (Å²) < 4.78 is 0. The summed E-state index contributed by atoms with van der Waals surface area (Å²) >= 11 is 5.77. The van der Waals surface area contributed by atoms with Crippen molar-refractivity contribution in [3.63, 3.8) is 0 Å². The van der Waals surface area contributed by atoms with Crippen LogP contribution < -0.4 is 10.9 Å². The van der Waals surface area contributed by atoms with Crippen molar-refractivity contribution in [3.05, 3.63) is 61.6 Å². The van der Waals surface area contributed by atoms with E-state index in [1.807, 2.05) is 0 Å². The number of non-ortho nitro benzene ring substituents is 1. The number of H-pyrrole nitrogens is 1. The fourth-order valence-corrected chi connectivity index (χ4v) is 1.60. The van der Waals surface area contributed by atoms with Gasteiger partial charge in [0.1, 0.15) is 5.02 Å². The van der Waals surface area contributed by atoms with Gasteiger partial charge in [0.2, 0.25) is 0 Å². The SMILES string of the molecule is O=c1[nH]cnc(NCc2ccc([N+](=O)[O-])cc2)c1Cl. The first-order valence-corrected chi connectivity index (χ1v) is 5.66. The fourth-order valence-electron chi connectivity index (χ4n) is 1.43. The van der Waals surface area contributed by atoms with Gasteiger partial charge in [0.05, 0.1) is 11.3 Å². The van der Waals surface area contributed by atoms with E-state index in [1.165, 1.54) is 18.5 Å². The summed E-state index contributed by atoms with van der Waals surface area (Å²) in [6.45, 7) is 0.355. The van der Waals surface area contributed by atoms with Crippen molar-refractivity contribution in [2.24, 2.45) is 0 Å². The van der Waals surface area contributed by atoms with E-state index in [0.29, 0.717) is 6.54 Å². The van der Waals surface area contributed by atoms with Crippen molar-refractivity contribution in [1.82, 2.24) is 9.97 Å². The van der Waals surface area contributed by atoms with Crippen LogP contribution in [0.1, 0.15) is 5.56 Å². The molecule has 0 spiro atoms. The molecule has 0 atom stereocenters. The first-order chi connectivity index (χ1) is 9.08. The molecule has 7 nitrogen and oxygen atoms in total. The average molecular weight is 281 g/mol. The van der Waals surface area contributed by atoms with Crippen molar-refractivity contribution in [2.45, 2.75) is 6.54 Å². The van der Waals surface area contributed by atoms with Gasteiger partial charge in [0, 0.05) is 18.7 Å². The Balaban J connectivity index is 2.08. The summed E-state index contributed by atoms with van der Waals surface area (Å²) in [6.07, 6.45) is 1.24. The van der Waals surface area contributed by atoms with E-state index in [-0.39, 0.29) is 16.5 Å². The predicted molar refractivity (Wildman–Crippen MR) is 70.3 cm³/mol. The first-order valence-electron chi connectivity index (χ1n) is 5.28. The van der Waals surface area contributed by atoms with Gasteiger partial charge in [0.25, 0.3) is 11.2 Å². The van der Waals surface area contributed by atoms with Gasteiger partial charge in [-0.2, -0.15) is 0 Å². The molecule has 1 aromatic carbocycles. The van der Waals surface area contributed by atoms with Crippen LogP contribution in [0.15, 0.2) is 35.4 Å². The number of nitrogens with zero attached hydrogens (tertiary/aromatic N) is 2. The molecule has 0 radical (unpaired) electrons. The summed E-state index contributed by atoms with van der Waals surface area (Å²) in [5.41, 5.74) is 0.405. The molecular formula is C11H9ClN4O3. The number of nitrogens with one attached hydrogen (secondary N) is 2. The van der Waals surface area contributed by atoms with Crippen LogP contribution in [-0.4, -0.2) is 14.9 Å². The molecular weight excluding hydrogens is 272 g/mol. The molecule has 0 aliphatic rings. The number of nitro benzene ring substituents is 1. The van der Waals surface area contributed by atoms with Crippen LogP contribution >= 0.6 is 11.6 Å². The highest BCUT2D eigenvalue weighted by Crippen LogP contribution is 2.15. The van der Waals surface area contributed by atoms with Gasteiger partial charge >= 0.3 is 0 Å². The smallest absolute Gasteiger partial charge is 0.271 e. The minimum atomic E-state index is -0.466. The van der Waals surface area contributed by atoms with Crippen LogP contribution in [0.25, 0.3) is 0 Å². The van der Waals surface area contributed by atoms with Crippen LogP contribution in [-0.2, 0) is 6.54 Å². The molecule has 0 aliphatic carbocycles. The third-order valence-electron chi connectivity index (χ3n) is 2.40. The molecule has 2 aromatic rings. The Labute approximate surface area is 112 Å². The summed E-state index contributed by atoms with van der Waals surface area (Å²) in [4.78, 5) is 27.5. The van der Waals surface area contributed by atoms with Crippen LogP contribution in [0.2, 0.25) is 5.02 Å². The van der Waals surface area contributed by atoms with E-state index in [2.05, 4.69) is 15.3 Å². The maximum absolute atomic E-state index is 11.2. The first kappa shape index (κ1) is 13.0. The van der Waals surface area contributed by atoms with Gasteiger partial charge in [-0.15, -0.1) is 0 Å². The molecule has 2 rings (SSSR count). The lowest BCUT2D eigenvalue weighted by atomic mass is 10.2. The van der Waals surface area contributed by atoms with Gasteiger partial charge in [-0.05, 0) is 5.56 Å². The number of rotatable bonds is 4. The van der Waals surface area contributed by atoms with E-state index in [0.717, 1.165) is 5.56 Å². The molecule has 0 aliphatic heterocycles. The topological polar surface area (TPSA) is 101 Å². The van der Waals surface area contributed by atoms with Crippen LogP contribution in [0.3, 0.4) is 0 Å². The number of nitro groups is 1. The monoisotopic (exact) mass is 280 g/mol. The molecule has 8 heteroatoms. The second-order valence-electron chi connectivity index (χ2n) is 3.67. The second kappa shape index (κ2) is 5.49.